The van der Waals surface area contributed by atoms with Crippen LogP contribution >= 0.6 is 0 Å². The molecule has 4 nitrogen and oxygen atoms in total. The molecule has 0 amide bonds. The predicted octanol–water partition coefficient (Wildman–Crippen LogP) is 2.19. The Morgan fingerprint density at radius 1 is 1.37 bits per heavy atom. The Hall–Kier alpha value is -1.57. The van der Waals surface area contributed by atoms with Gasteiger partial charge in [-0.3, -0.25) is 5.32 Å². The number of nitriles is 1. The van der Waals surface area contributed by atoms with Crippen LogP contribution in [0.2, 0.25) is 0 Å². The highest BCUT2D eigenvalue weighted by Gasteiger charge is 2.14. The van der Waals surface area contributed by atoms with E-state index in [1.54, 1.807) is 0 Å². The Labute approximate surface area is 116 Å². The molecule has 19 heavy (non-hydrogen) atoms. The second-order valence-corrected chi connectivity index (χ2v) is 4.64. The zero-order valence-corrected chi connectivity index (χ0v) is 12.0. The van der Waals surface area contributed by atoms with Gasteiger partial charge < -0.3 is 9.64 Å². The van der Waals surface area contributed by atoms with Crippen LogP contribution in [0.5, 0.6) is 5.75 Å². The number of benzene rings is 1. The minimum absolute atomic E-state index is 0.315. The Balaban J connectivity index is 2.62. The van der Waals surface area contributed by atoms with Crippen molar-refractivity contribution in [1.29, 1.82) is 5.26 Å². The lowest BCUT2D eigenvalue weighted by Crippen LogP contribution is -2.25. The number of para-hydroxylation sites is 1. The lowest BCUT2D eigenvalue weighted by atomic mass is 10.1. The highest BCUT2D eigenvalue weighted by Crippen LogP contribution is 2.24. The van der Waals surface area contributed by atoms with Crippen LogP contribution in [-0.2, 0) is 0 Å². The van der Waals surface area contributed by atoms with Gasteiger partial charge in [-0.2, -0.15) is 5.26 Å². The number of hydrogen-bond donors (Lipinski definition) is 1. The smallest absolute Gasteiger partial charge is 0.125 e. The maximum atomic E-state index is 9.30. The predicted molar refractivity (Wildman–Crippen MR) is 77.1 cm³/mol. The molecule has 0 saturated heterocycles. The molecule has 1 aromatic rings. The summed E-state index contributed by atoms with van der Waals surface area (Å²) in [5.41, 5.74) is 0.914. The summed E-state index contributed by atoms with van der Waals surface area (Å²) in [6, 6.07) is 9.70. The van der Waals surface area contributed by atoms with E-state index in [1.807, 2.05) is 45.3 Å². The molecule has 0 heterocycles. The van der Waals surface area contributed by atoms with Crippen molar-refractivity contribution in [2.75, 3.05) is 33.8 Å². The number of rotatable bonds is 8. The number of nitrogens with zero attached hydrogens (tertiary/aromatic N) is 2. The van der Waals surface area contributed by atoms with Crippen LogP contribution in [0, 0.1) is 11.3 Å². The van der Waals surface area contributed by atoms with Gasteiger partial charge in [0, 0.05) is 5.56 Å². The van der Waals surface area contributed by atoms with Gasteiger partial charge >= 0.3 is 0 Å². The summed E-state index contributed by atoms with van der Waals surface area (Å²) in [7, 11) is 4.10. The van der Waals surface area contributed by atoms with E-state index in [4.69, 9.17) is 4.74 Å². The summed E-state index contributed by atoms with van der Waals surface area (Å²) in [4.78, 5) is 2.14. The first-order valence-electron chi connectivity index (χ1n) is 6.68. The number of nitrogens with one attached hydrogen (secondary N) is 1. The summed E-state index contributed by atoms with van der Waals surface area (Å²) in [6.45, 7) is 4.38. The van der Waals surface area contributed by atoms with E-state index in [0.717, 1.165) is 30.8 Å². The molecule has 1 atom stereocenters. The van der Waals surface area contributed by atoms with Gasteiger partial charge in [0.15, 0.2) is 0 Å². The molecule has 0 fully saturated rings. The van der Waals surface area contributed by atoms with Gasteiger partial charge in [-0.1, -0.05) is 18.2 Å². The van der Waals surface area contributed by atoms with Crippen molar-refractivity contribution in [3.8, 4) is 11.8 Å². The molecular weight excluding hydrogens is 238 g/mol. The largest absolute Gasteiger partial charge is 0.493 e. The molecule has 1 aromatic carbocycles. The van der Waals surface area contributed by atoms with Crippen molar-refractivity contribution < 1.29 is 4.74 Å². The highest BCUT2D eigenvalue weighted by molar-refractivity contribution is 5.38. The van der Waals surface area contributed by atoms with Crippen molar-refractivity contribution in [2.45, 2.75) is 19.4 Å². The van der Waals surface area contributed by atoms with Gasteiger partial charge in [0.05, 0.1) is 12.7 Å². The molecule has 0 saturated carbocycles. The van der Waals surface area contributed by atoms with E-state index in [2.05, 4.69) is 16.3 Å². The van der Waals surface area contributed by atoms with Crippen LogP contribution < -0.4 is 10.1 Å². The molecular formula is C15H23N3O. The highest BCUT2D eigenvalue weighted by atomic mass is 16.5. The Kier molecular flexibility index (Phi) is 6.94. The molecule has 0 radical (unpaired) electrons. The van der Waals surface area contributed by atoms with E-state index in [9.17, 15) is 5.26 Å². The maximum Gasteiger partial charge on any atom is 0.125 e. The monoisotopic (exact) mass is 261 g/mol. The van der Waals surface area contributed by atoms with E-state index in [-0.39, 0.29) is 6.04 Å². The van der Waals surface area contributed by atoms with Gasteiger partial charge in [-0.05, 0) is 46.6 Å². The van der Waals surface area contributed by atoms with Crippen molar-refractivity contribution in [1.82, 2.24) is 10.2 Å². The molecule has 0 aromatic heterocycles. The first kappa shape index (κ1) is 15.5. The van der Waals surface area contributed by atoms with E-state index in [0.29, 0.717) is 6.61 Å². The third-order valence-electron chi connectivity index (χ3n) is 2.79. The molecule has 104 valence electrons. The molecule has 0 aliphatic carbocycles. The molecule has 1 N–H and O–H groups in total. The van der Waals surface area contributed by atoms with Gasteiger partial charge in [0.2, 0.25) is 0 Å². The van der Waals surface area contributed by atoms with Crippen LogP contribution in [0.3, 0.4) is 0 Å². The van der Waals surface area contributed by atoms with Gasteiger partial charge in [0.25, 0.3) is 0 Å². The van der Waals surface area contributed by atoms with Crippen LogP contribution in [0.1, 0.15) is 24.9 Å². The third kappa shape index (κ3) is 5.29. The molecule has 0 aliphatic rings. The van der Waals surface area contributed by atoms with Crippen LogP contribution in [0.15, 0.2) is 24.3 Å². The average molecular weight is 261 g/mol. The minimum Gasteiger partial charge on any atom is -0.493 e. The SMILES string of the molecule is CCOc1ccccc1C(C#N)NCCCN(C)C. The normalized spacial score (nSPS) is 12.2. The first-order valence-corrected chi connectivity index (χ1v) is 6.68. The fraction of sp³-hybridized carbons (Fsp3) is 0.533. The quantitative estimate of drug-likeness (QED) is 0.729. The van der Waals surface area contributed by atoms with Crippen LogP contribution in [0.25, 0.3) is 0 Å². The van der Waals surface area contributed by atoms with Crippen molar-refractivity contribution in [3.63, 3.8) is 0 Å². The zero-order chi connectivity index (χ0) is 14.1. The maximum absolute atomic E-state index is 9.30. The Morgan fingerprint density at radius 3 is 2.74 bits per heavy atom. The van der Waals surface area contributed by atoms with Crippen molar-refractivity contribution in [2.24, 2.45) is 0 Å². The zero-order valence-electron chi connectivity index (χ0n) is 12.0. The van der Waals surface area contributed by atoms with E-state index >= 15 is 0 Å². The van der Waals surface area contributed by atoms with Gasteiger partial charge in [-0.15, -0.1) is 0 Å². The fourth-order valence-electron chi connectivity index (χ4n) is 1.87. The molecule has 0 spiro atoms. The molecule has 0 bridgehead atoms. The summed E-state index contributed by atoms with van der Waals surface area (Å²) in [5, 5.41) is 12.6. The first-order chi connectivity index (χ1) is 9.19. The van der Waals surface area contributed by atoms with Crippen LogP contribution in [0.4, 0.5) is 0 Å². The van der Waals surface area contributed by atoms with E-state index in [1.165, 1.54) is 0 Å². The Bertz CT molecular complexity index is 412. The number of ether oxygens (including phenoxy) is 1. The average Bonchev–Trinajstić information content (AvgIpc) is 2.40. The van der Waals surface area contributed by atoms with Crippen LogP contribution in [-0.4, -0.2) is 38.7 Å². The second kappa shape index (κ2) is 8.52. The Morgan fingerprint density at radius 2 is 2.11 bits per heavy atom. The summed E-state index contributed by atoms with van der Waals surface area (Å²) < 4.78 is 5.56. The number of hydrogen-bond acceptors (Lipinski definition) is 4. The molecule has 1 rings (SSSR count). The summed E-state index contributed by atoms with van der Waals surface area (Å²) in [6.07, 6.45) is 1.02. The van der Waals surface area contributed by atoms with Crippen molar-refractivity contribution >= 4 is 0 Å². The minimum atomic E-state index is -0.315. The standard InChI is InChI=1S/C15H23N3O/c1-4-19-15-9-6-5-8-13(15)14(12-16)17-10-7-11-18(2)3/h5-6,8-9,14,17H,4,7,10-11H2,1-3H3. The lowest BCUT2D eigenvalue weighted by molar-refractivity contribution is 0.333. The van der Waals surface area contributed by atoms with E-state index < -0.39 is 0 Å². The topological polar surface area (TPSA) is 48.3 Å². The molecule has 1 unspecified atom stereocenters. The lowest BCUT2D eigenvalue weighted by Gasteiger charge is -2.16. The van der Waals surface area contributed by atoms with Crippen molar-refractivity contribution in [3.05, 3.63) is 29.8 Å². The van der Waals surface area contributed by atoms with Gasteiger partial charge in [0.1, 0.15) is 11.8 Å². The second-order valence-electron chi connectivity index (χ2n) is 4.64. The summed E-state index contributed by atoms with van der Waals surface area (Å²) >= 11 is 0. The molecule has 0 aliphatic heterocycles. The fourth-order valence-corrected chi connectivity index (χ4v) is 1.87. The summed E-state index contributed by atoms with van der Waals surface area (Å²) in [5.74, 6) is 0.789. The molecule has 4 heteroatoms. The van der Waals surface area contributed by atoms with Gasteiger partial charge in [-0.25, -0.2) is 0 Å². The third-order valence-corrected chi connectivity index (χ3v) is 2.79.